The molecule has 0 radical (unpaired) electrons. The number of imidazole rings is 1. The van der Waals surface area contributed by atoms with Crippen LogP contribution in [0.5, 0.6) is 5.75 Å². The summed E-state index contributed by atoms with van der Waals surface area (Å²) < 4.78 is 12.7. The second kappa shape index (κ2) is 5.80. The molecule has 0 saturated carbocycles. The van der Waals surface area contributed by atoms with E-state index in [2.05, 4.69) is 16.5 Å². The number of alkyl halides is 1. The van der Waals surface area contributed by atoms with E-state index in [-0.39, 0.29) is 11.4 Å². The highest BCUT2D eigenvalue weighted by Gasteiger charge is 2.20. The molecule has 2 aromatic rings. The summed E-state index contributed by atoms with van der Waals surface area (Å²) in [6, 6.07) is 6.06. The van der Waals surface area contributed by atoms with E-state index in [1.165, 1.54) is 0 Å². The standard InChI is InChI=1S/C14H19ClN2O2/c1-9(8-18-3)17-11-6-5-7-12(19-4)13(11)16-14(17)10(2)15/h5-7,9-10H,8H2,1-4H3. The van der Waals surface area contributed by atoms with Crippen LogP contribution in [0.3, 0.4) is 0 Å². The molecule has 104 valence electrons. The third kappa shape index (κ3) is 2.55. The van der Waals surface area contributed by atoms with Crippen molar-refractivity contribution in [1.29, 1.82) is 0 Å². The molecule has 1 heterocycles. The van der Waals surface area contributed by atoms with Gasteiger partial charge in [-0.2, -0.15) is 0 Å². The second-order valence-electron chi connectivity index (χ2n) is 4.59. The average Bonchev–Trinajstić information content (AvgIpc) is 2.78. The first-order valence-electron chi connectivity index (χ1n) is 6.28. The Labute approximate surface area is 118 Å². The molecule has 1 aromatic heterocycles. The molecule has 0 aliphatic heterocycles. The second-order valence-corrected chi connectivity index (χ2v) is 5.24. The summed E-state index contributed by atoms with van der Waals surface area (Å²) in [7, 11) is 3.34. The Morgan fingerprint density at radius 2 is 2.05 bits per heavy atom. The lowest BCUT2D eigenvalue weighted by Crippen LogP contribution is -2.14. The topological polar surface area (TPSA) is 36.3 Å². The highest BCUT2D eigenvalue weighted by atomic mass is 35.5. The lowest BCUT2D eigenvalue weighted by atomic mass is 10.2. The maximum Gasteiger partial charge on any atom is 0.146 e. The van der Waals surface area contributed by atoms with Crippen LogP contribution in [0.2, 0.25) is 0 Å². The Kier molecular flexibility index (Phi) is 4.32. The molecule has 1 aromatic carbocycles. The van der Waals surface area contributed by atoms with Crippen molar-refractivity contribution in [2.24, 2.45) is 0 Å². The Bertz CT molecular complexity index is 566. The number of aromatic nitrogens is 2. The summed E-state index contributed by atoms with van der Waals surface area (Å²) in [4.78, 5) is 4.64. The Morgan fingerprint density at radius 3 is 2.63 bits per heavy atom. The maximum atomic E-state index is 6.25. The van der Waals surface area contributed by atoms with E-state index in [9.17, 15) is 0 Å². The van der Waals surface area contributed by atoms with Crippen molar-refractivity contribution < 1.29 is 9.47 Å². The number of rotatable bonds is 5. The fraction of sp³-hybridized carbons (Fsp3) is 0.500. The zero-order chi connectivity index (χ0) is 14.0. The molecule has 4 nitrogen and oxygen atoms in total. The Morgan fingerprint density at radius 1 is 1.32 bits per heavy atom. The Hall–Kier alpha value is -1.26. The van der Waals surface area contributed by atoms with Gasteiger partial charge in [0.15, 0.2) is 0 Å². The first-order valence-corrected chi connectivity index (χ1v) is 6.71. The van der Waals surface area contributed by atoms with E-state index in [1.807, 2.05) is 25.1 Å². The van der Waals surface area contributed by atoms with Gasteiger partial charge in [0.1, 0.15) is 17.1 Å². The average molecular weight is 283 g/mol. The molecule has 19 heavy (non-hydrogen) atoms. The number of nitrogens with zero attached hydrogens (tertiary/aromatic N) is 2. The van der Waals surface area contributed by atoms with Crippen LogP contribution in [0.4, 0.5) is 0 Å². The van der Waals surface area contributed by atoms with Gasteiger partial charge in [-0.1, -0.05) is 6.07 Å². The van der Waals surface area contributed by atoms with Crippen LogP contribution in [0.1, 0.15) is 31.1 Å². The van der Waals surface area contributed by atoms with Crippen LogP contribution in [0.25, 0.3) is 11.0 Å². The molecular formula is C14H19ClN2O2. The van der Waals surface area contributed by atoms with E-state index >= 15 is 0 Å². The normalized spacial score (nSPS) is 14.6. The Balaban J connectivity index is 2.67. The van der Waals surface area contributed by atoms with Crippen LogP contribution in [0, 0.1) is 0 Å². The minimum Gasteiger partial charge on any atom is -0.494 e. The summed E-state index contributed by atoms with van der Waals surface area (Å²) >= 11 is 6.25. The van der Waals surface area contributed by atoms with Crippen molar-refractivity contribution in [3.8, 4) is 5.75 Å². The third-order valence-electron chi connectivity index (χ3n) is 3.13. The molecule has 0 amide bonds. The lowest BCUT2D eigenvalue weighted by molar-refractivity contribution is 0.162. The van der Waals surface area contributed by atoms with Gasteiger partial charge < -0.3 is 14.0 Å². The zero-order valence-corrected chi connectivity index (χ0v) is 12.4. The quantitative estimate of drug-likeness (QED) is 0.787. The summed E-state index contributed by atoms with van der Waals surface area (Å²) in [5.41, 5.74) is 1.86. The SMILES string of the molecule is COCC(C)n1c(C(C)Cl)nc2c(OC)cccc21. The molecule has 2 atom stereocenters. The van der Waals surface area contributed by atoms with Crippen LogP contribution in [0.15, 0.2) is 18.2 Å². The zero-order valence-electron chi connectivity index (χ0n) is 11.7. The number of hydrogen-bond acceptors (Lipinski definition) is 3. The number of halogens is 1. The molecule has 2 unspecified atom stereocenters. The van der Waals surface area contributed by atoms with Gasteiger partial charge >= 0.3 is 0 Å². The van der Waals surface area contributed by atoms with Crippen molar-refractivity contribution in [2.45, 2.75) is 25.3 Å². The lowest BCUT2D eigenvalue weighted by Gasteiger charge is -2.17. The van der Waals surface area contributed by atoms with Crippen molar-refractivity contribution in [3.63, 3.8) is 0 Å². The fourth-order valence-corrected chi connectivity index (χ4v) is 2.49. The van der Waals surface area contributed by atoms with Gasteiger partial charge in [-0.15, -0.1) is 11.6 Å². The van der Waals surface area contributed by atoms with Crippen molar-refractivity contribution in [3.05, 3.63) is 24.0 Å². The first kappa shape index (κ1) is 14.2. The van der Waals surface area contributed by atoms with Crippen LogP contribution >= 0.6 is 11.6 Å². The summed E-state index contributed by atoms with van der Waals surface area (Å²) in [5.74, 6) is 1.60. The van der Waals surface area contributed by atoms with Crippen LogP contribution in [-0.2, 0) is 4.74 Å². The molecule has 0 saturated heterocycles. The molecule has 0 N–H and O–H groups in total. The van der Waals surface area contributed by atoms with Crippen LogP contribution in [-0.4, -0.2) is 30.4 Å². The summed E-state index contributed by atoms with van der Waals surface area (Å²) in [6.45, 7) is 4.62. The number of hydrogen-bond donors (Lipinski definition) is 0. The predicted octanol–water partition coefficient (Wildman–Crippen LogP) is 3.55. The number of benzene rings is 1. The van der Waals surface area contributed by atoms with Crippen LogP contribution < -0.4 is 4.74 Å². The fourth-order valence-electron chi connectivity index (χ4n) is 2.33. The van der Waals surface area contributed by atoms with Gasteiger partial charge in [0.25, 0.3) is 0 Å². The molecule has 0 fully saturated rings. The highest BCUT2D eigenvalue weighted by molar-refractivity contribution is 6.20. The van der Waals surface area contributed by atoms with Gasteiger partial charge in [-0.3, -0.25) is 0 Å². The number of ether oxygens (including phenoxy) is 2. The maximum absolute atomic E-state index is 6.25. The van der Waals surface area contributed by atoms with Crippen molar-refractivity contribution in [2.75, 3.05) is 20.8 Å². The molecule has 0 aliphatic rings. The minimum atomic E-state index is -0.170. The van der Waals surface area contributed by atoms with Gasteiger partial charge in [-0.05, 0) is 26.0 Å². The van der Waals surface area contributed by atoms with Gasteiger partial charge in [0.05, 0.1) is 30.7 Å². The minimum absolute atomic E-state index is 0.165. The monoisotopic (exact) mass is 282 g/mol. The number of fused-ring (bicyclic) bond motifs is 1. The third-order valence-corrected chi connectivity index (χ3v) is 3.33. The molecule has 2 rings (SSSR count). The van der Waals surface area contributed by atoms with Gasteiger partial charge in [0, 0.05) is 7.11 Å². The molecular weight excluding hydrogens is 264 g/mol. The number of methoxy groups -OCH3 is 2. The summed E-state index contributed by atoms with van der Waals surface area (Å²) in [6.07, 6.45) is 0. The molecule has 0 spiro atoms. The number of para-hydroxylation sites is 1. The van der Waals surface area contributed by atoms with E-state index in [0.717, 1.165) is 22.6 Å². The van der Waals surface area contributed by atoms with E-state index in [1.54, 1.807) is 14.2 Å². The predicted molar refractivity (Wildman–Crippen MR) is 77.1 cm³/mol. The molecule has 0 aliphatic carbocycles. The smallest absolute Gasteiger partial charge is 0.146 e. The highest BCUT2D eigenvalue weighted by Crippen LogP contribution is 2.32. The summed E-state index contributed by atoms with van der Waals surface area (Å²) in [5, 5.41) is -0.170. The van der Waals surface area contributed by atoms with Crippen molar-refractivity contribution in [1.82, 2.24) is 9.55 Å². The van der Waals surface area contributed by atoms with Gasteiger partial charge in [-0.25, -0.2) is 4.98 Å². The van der Waals surface area contributed by atoms with Gasteiger partial charge in [0.2, 0.25) is 0 Å². The first-order chi connectivity index (χ1) is 9.10. The largest absolute Gasteiger partial charge is 0.494 e. The van der Waals surface area contributed by atoms with E-state index in [0.29, 0.717) is 6.61 Å². The molecule has 5 heteroatoms. The van der Waals surface area contributed by atoms with E-state index < -0.39 is 0 Å². The molecule has 0 bridgehead atoms. The van der Waals surface area contributed by atoms with E-state index in [4.69, 9.17) is 21.1 Å². The van der Waals surface area contributed by atoms with Crippen molar-refractivity contribution >= 4 is 22.6 Å².